The summed E-state index contributed by atoms with van der Waals surface area (Å²) in [7, 11) is 0. The van der Waals surface area contributed by atoms with Crippen LogP contribution in [-0.4, -0.2) is 0 Å². The summed E-state index contributed by atoms with van der Waals surface area (Å²) in [5.41, 5.74) is 0. The Kier molecular flexibility index (Phi) is 3.63. The SMILES string of the molecule is Fc1c[c-]ccc1.[Zn]. The van der Waals surface area contributed by atoms with Crippen molar-refractivity contribution in [1.29, 1.82) is 0 Å². The summed E-state index contributed by atoms with van der Waals surface area (Å²) < 4.78 is 11.9. The second-order valence-corrected chi connectivity index (χ2v) is 1.22. The zero-order valence-corrected chi connectivity index (χ0v) is 7.36. The van der Waals surface area contributed by atoms with Crippen molar-refractivity contribution >= 4 is 0 Å². The first-order valence-corrected chi connectivity index (χ1v) is 2.01. The fourth-order valence-corrected chi connectivity index (χ4v) is 0.371. The summed E-state index contributed by atoms with van der Waals surface area (Å²) in [6.45, 7) is 0. The largest absolute Gasteiger partial charge is 0.284 e. The van der Waals surface area contributed by atoms with Gasteiger partial charge in [-0.1, -0.05) is 0 Å². The molecule has 0 N–H and O–H groups in total. The first kappa shape index (κ1) is 7.77. The van der Waals surface area contributed by atoms with Crippen LogP contribution in [0.5, 0.6) is 0 Å². The minimum Gasteiger partial charge on any atom is -0.284 e. The van der Waals surface area contributed by atoms with Gasteiger partial charge < -0.3 is 0 Å². The normalized spacial score (nSPS) is 7.62. The van der Waals surface area contributed by atoms with Crippen molar-refractivity contribution in [3.05, 3.63) is 36.1 Å². The molecule has 0 aromatic heterocycles. The zero-order chi connectivity index (χ0) is 5.11. The standard InChI is InChI=1S/C6H4F.Zn/c7-6-4-2-1-3-5-6;/h1-2,4-5H;/q-1;. The van der Waals surface area contributed by atoms with Crippen LogP contribution in [0.15, 0.2) is 24.3 Å². The summed E-state index contributed by atoms with van der Waals surface area (Å²) in [5.74, 6) is -0.234. The van der Waals surface area contributed by atoms with Crippen LogP contribution in [0.4, 0.5) is 4.39 Å². The molecular weight excluding hydrogens is 156 g/mol. The summed E-state index contributed by atoms with van der Waals surface area (Å²) in [5, 5.41) is 0. The molecule has 0 spiro atoms. The van der Waals surface area contributed by atoms with E-state index in [1.807, 2.05) is 0 Å². The summed E-state index contributed by atoms with van der Waals surface area (Å²) >= 11 is 0. The van der Waals surface area contributed by atoms with Crippen molar-refractivity contribution in [2.75, 3.05) is 0 Å². The van der Waals surface area contributed by atoms with Gasteiger partial charge in [-0.3, -0.25) is 4.39 Å². The van der Waals surface area contributed by atoms with Crippen LogP contribution < -0.4 is 0 Å². The topological polar surface area (TPSA) is 0 Å². The van der Waals surface area contributed by atoms with Crippen LogP contribution in [0, 0.1) is 11.9 Å². The fourth-order valence-electron chi connectivity index (χ4n) is 0.371. The van der Waals surface area contributed by atoms with E-state index in [1.165, 1.54) is 12.1 Å². The maximum Gasteiger partial charge on any atom is 0.00871 e. The number of benzene rings is 1. The maximum atomic E-state index is 11.9. The molecule has 0 aliphatic carbocycles. The van der Waals surface area contributed by atoms with Gasteiger partial charge in [-0.25, -0.2) is 0 Å². The number of halogens is 1. The van der Waals surface area contributed by atoms with Gasteiger partial charge in [0.2, 0.25) is 0 Å². The van der Waals surface area contributed by atoms with Crippen LogP contribution in [0.3, 0.4) is 0 Å². The molecule has 0 aliphatic heterocycles. The van der Waals surface area contributed by atoms with Gasteiger partial charge in [0.1, 0.15) is 0 Å². The van der Waals surface area contributed by atoms with Gasteiger partial charge in [0.15, 0.2) is 0 Å². The van der Waals surface area contributed by atoms with E-state index in [2.05, 4.69) is 6.07 Å². The van der Waals surface area contributed by atoms with Gasteiger partial charge >= 0.3 is 0 Å². The fraction of sp³-hybridized carbons (Fsp3) is 0. The molecule has 0 saturated carbocycles. The molecule has 0 fully saturated rings. The second-order valence-electron chi connectivity index (χ2n) is 1.22. The maximum absolute atomic E-state index is 11.9. The van der Waals surface area contributed by atoms with Crippen molar-refractivity contribution in [3.63, 3.8) is 0 Å². The van der Waals surface area contributed by atoms with Crippen molar-refractivity contribution in [2.24, 2.45) is 0 Å². The van der Waals surface area contributed by atoms with Crippen LogP contribution in [0.25, 0.3) is 0 Å². The van der Waals surface area contributed by atoms with Crippen molar-refractivity contribution in [1.82, 2.24) is 0 Å². The molecule has 1 aromatic rings. The zero-order valence-electron chi connectivity index (χ0n) is 4.39. The Morgan fingerprint density at radius 3 is 2.50 bits per heavy atom. The summed E-state index contributed by atoms with van der Waals surface area (Å²) in [6.07, 6.45) is 0. The van der Waals surface area contributed by atoms with E-state index in [0.717, 1.165) is 0 Å². The van der Waals surface area contributed by atoms with E-state index >= 15 is 0 Å². The van der Waals surface area contributed by atoms with Gasteiger partial charge in [0, 0.05) is 25.3 Å². The van der Waals surface area contributed by atoms with Gasteiger partial charge in [0.05, 0.1) is 0 Å². The van der Waals surface area contributed by atoms with E-state index < -0.39 is 0 Å². The molecule has 1 rings (SSSR count). The number of hydrogen-bond acceptors (Lipinski definition) is 0. The molecule has 0 unspecified atom stereocenters. The molecular formula is C6H4FZn-. The molecule has 38 valence electrons. The second kappa shape index (κ2) is 3.74. The van der Waals surface area contributed by atoms with Gasteiger partial charge in [-0.05, 0) is 0 Å². The Labute approximate surface area is 60.5 Å². The molecule has 0 radical (unpaired) electrons. The molecule has 0 amide bonds. The Balaban J connectivity index is 0.000000490. The number of hydrogen-bond donors (Lipinski definition) is 0. The van der Waals surface area contributed by atoms with Crippen LogP contribution in [-0.2, 0) is 19.5 Å². The average Bonchev–Trinajstić information content (AvgIpc) is 1.69. The molecule has 1 aromatic carbocycles. The monoisotopic (exact) mass is 159 g/mol. The quantitative estimate of drug-likeness (QED) is 0.400. The average molecular weight is 160 g/mol. The molecule has 0 aliphatic rings. The van der Waals surface area contributed by atoms with Crippen molar-refractivity contribution in [3.8, 4) is 0 Å². The van der Waals surface area contributed by atoms with Crippen LogP contribution in [0.1, 0.15) is 0 Å². The molecule has 2 heteroatoms. The molecule has 8 heavy (non-hydrogen) atoms. The van der Waals surface area contributed by atoms with E-state index in [0.29, 0.717) is 0 Å². The van der Waals surface area contributed by atoms with E-state index in [9.17, 15) is 4.39 Å². The Bertz CT molecular complexity index is 138. The van der Waals surface area contributed by atoms with Gasteiger partial charge in [-0.15, -0.1) is 12.1 Å². The Morgan fingerprint density at radius 1 is 1.50 bits per heavy atom. The predicted molar refractivity (Wildman–Crippen MR) is 25.2 cm³/mol. The van der Waals surface area contributed by atoms with E-state index in [1.54, 1.807) is 12.1 Å². The van der Waals surface area contributed by atoms with E-state index in [4.69, 9.17) is 0 Å². The first-order valence-electron chi connectivity index (χ1n) is 2.01. The molecule has 0 saturated heterocycles. The minimum absolute atomic E-state index is 0. The minimum atomic E-state index is -0.234. The third-order valence-corrected chi connectivity index (χ3v) is 0.669. The van der Waals surface area contributed by atoms with Gasteiger partial charge in [0.25, 0.3) is 0 Å². The molecule has 0 nitrogen and oxygen atoms in total. The molecule has 0 heterocycles. The van der Waals surface area contributed by atoms with Crippen LogP contribution >= 0.6 is 0 Å². The third-order valence-electron chi connectivity index (χ3n) is 0.669. The van der Waals surface area contributed by atoms with Gasteiger partial charge in [-0.2, -0.15) is 18.2 Å². The first-order chi connectivity index (χ1) is 3.39. The Hall–Kier alpha value is -0.227. The third kappa shape index (κ3) is 2.18. The molecule has 0 atom stereocenters. The summed E-state index contributed by atoms with van der Waals surface area (Å²) in [6, 6.07) is 8.53. The van der Waals surface area contributed by atoms with Crippen LogP contribution in [0.2, 0.25) is 0 Å². The van der Waals surface area contributed by atoms with E-state index in [-0.39, 0.29) is 25.3 Å². The predicted octanol–water partition coefficient (Wildman–Crippen LogP) is 1.62. The smallest absolute Gasteiger partial charge is 0.00871 e. The Morgan fingerprint density at radius 2 is 2.25 bits per heavy atom. The van der Waals surface area contributed by atoms with Crippen molar-refractivity contribution < 1.29 is 23.9 Å². The van der Waals surface area contributed by atoms with Crippen molar-refractivity contribution in [2.45, 2.75) is 0 Å². The molecule has 0 bridgehead atoms. The number of rotatable bonds is 0. The summed E-state index contributed by atoms with van der Waals surface area (Å²) in [4.78, 5) is 0.